The van der Waals surface area contributed by atoms with Crippen LogP contribution in [0.2, 0.25) is 0 Å². The molecule has 3 rings (SSSR count). The van der Waals surface area contributed by atoms with Crippen molar-refractivity contribution >= 4 is 5.82 Å². The third kappa shape index (κ3) is 2.28. The van der Waals surface area contributed by atoms with Crippen LogP contribution in [-0.2, 0) is 18.3 Å². The Morgan fingerprint density at radius 3 is 2.35 bits per heavy atom. The molecular weight excluding hydrogens is 246 g/mol. The second kappa shape index (κ2) is 4.58. The Kier molecular flexibility index (Phi) is 3.00. The maximum Gasteiger partial charge on any atom is 0.161 e. The molecule has 1 aliphatic carbocycles. The minimum absolute atomic E-state index is 0.163. The molecule has 3 nitrogen and oxygen atoms in total. The predicted octanol–water partition coefficient (Wildman–Crippen LogP) is 3.51. The van der Waals surface area contributed by atoms with E-state index in [9.17, 15) is 0 Å². The zero-order valence-corrected chi connectivity index (χ0v) is 12.4. The van der Waals surface area contributed by atoms with Crippen molar-refractivity contribution in [3.63, 3.8) is 0 Å². The molecule has 0 radical (unpaired) electrons. The topological polar surface area (TPSA) is 51.8 Å². The molecule has 1 aromatic heterocycles. The first-order valence-corrected chi connectivity index (χ1v) is 7.21. The normalized spacial score (nSPS) is 14.3. The van der Waals surface area contributed by atoms with Gasteiger partial charge in [0.15, 0.2) is 5.82 Å². The van der Waals surface area contributed by atoms with Gasteiger partial charge in [-0.05, 0) is 30.2 Å². The van der Waals surface area contributed by atoms with Crippen molar-refractivity contribution in [1.82, 2.24) is 9.97 Å². The van der Waals surface area contributed by atoms with Crippen LogP contribution in [0.5, 0.6) is 0 Å². The van der Waals surface area contributed by atoms with E-state index in [1.165, 1.54) is 5.56 Å². The minimum Gasteiger partial charge on any atom is -0.383 e. The van der Waals surface area contributed by atoms with E-state index >= 15 is 0 Å². The first-order chi connectivity index (χ1) is 9.45. The highest BCUT2D eigenvalue weighted by molar-refractivity contribution is 5.60. The number of hydrogen-bond acceptors (Lipinski definition) is 3. The summed E-state index contributed by atoms with van der Waals surface area (Å²) in [4.78, 5) is 9.16. The van der Waals surface area contributed by atoms with Crippen molar-refractivity contribution in [3.8, 4) is 11.4 Å². The molecule has 0 amide bonds. The third-order valence-corrected chi connectivity index (χ3v) is 3.97. The number of anilines is 1. The molecule has 0 atom stereocenters. The van der Waals surface area contributed by atoms with Gasteiger partial charge in [-0.1, -0.05) is 45.0 Å². The third-order valence-electron chi connectivity index (χ3n) is 3.97. The summed E-state index contributed by atoms with van der Waals surface area (Å²) < 4.78 is 0. The smallest absolute Gasteiger partial charge is 0.161 e. The zero-order chi connectivity index (χ0) is 14.3. The van der Waals surface area contributed by atoms with Crippen LogP contribution in [0.4, 0.5) is 5.82 Å². The van der Waals surface area contributed by atoms with Gasteiger partial charge in [-0.2, -0.15) is 0 Å². The number of nitrogens with two attached hydrogens (primary N) is 1. The van der Waals surface area contributed by atoms with Crippen molar-refractivity contribution in [2.45, 2.75) is 45.4 Å². The average molecular weight is 267 g/mol. The lowest BCUT2D eigenvalue weighted by Crippen LogP contribution is -2.10. The zero-order valence-electron chi connectivity index (χ0n) is 12.4. The molecule has 3 heteroatoms. The fourth-order valence-corrected chi connectivity index (χ4v) is 2.71. The summed E-state index contributed by atoms with van der Waals surface area (Å²) in [6, 6.07) is 8.50. The van der Waals surface area contributed by atoms with Crippen molar-refractivity contribution < 1.29 is 0 Å². The number of aromatic nitrogens is 2. The van der Waals surface area contributed by atoms with Crippen LogP contribution in [0, 0.1) is 0 Å². The number of aryl methyl sites for hydroxylation is 1. The van der Waals surface area contributed by atoms with Crippen molar-refractivity contribution in [2.24, 2.45) is 0 Å². The second-order valence-corrected chi connectivity index (χ2v) is 6.54. The van der Waals surface area contributed by atoms with Crippen LogP contribution in [0.25, 0.3) is 11.4 Å². The Bertz CT molecular complexity index is 637. The van der Waals surface area contributed by atoms with Crippen molar-refractivity contribution in [3.05, 3.63) is 41.1 Å². The van der Waals surface area contributed by atoms with Crippen LogP contribution in [-0.4, -0.2) is 9.97 Å². The van der Waals surface area contributed by atoms with E-state index in [4.69, 9.17) is 5.73 Å². The van der Waals surface area contributed by atoms with Crippen molar-refractivity contribution in [1.29, 1.82) is 0 Å². The molecule has 0 bridgehead atoms. The number of nitrogen functional groups attached to an aromatic ring is 1. The number of rotatable bonds is 1. The van der Waals surface area contributed by atoms with Gasteiger partial charge >= 0.3 is 0 Å². The quantitative estimate of drug-likeness (QED) is 0.860. The lowest BCUT2D eigenvalue weighted by molar-refractivity contribution is 0.590. The van der Waals surface area contributed by atoms with Gasteiger partial charge in [0.1, 0.15) is 5.82 Å². The van der Waals surface area contributed by atoms with Gasteiger partial charge in [0.2, 0.25) is 0 Å². The molecule has 2 N–H and O–H groups in total. The number of benzene rings is 1. The molecule has 2 aromatic rings. The largest absolute Gasteiger partial charge is 0.383 e. The summed E-state index contributed by atoms with van der Waals surface area (Å²) in [7, 11) is 0. The summed E-state index contributed by atoms with van der Waals surface area (Å²) in [5, 5.41) is 0. The molecule has 1 heterocycles. The lowest BCUT2D eigenvalue weighted by Gasteiger charge is -2.19. The molecule has 0 spiro atoms. The monoisotopic (exact) mass is 267 g/mol. The minimum atomic E-state index is 0.163. The fourth-order valence-electron chi connectivity index (χ4n) is 2.71. The molecular formula is C17H21N3. The Balaban J connectivity index is 2.00. The molecule has 0 saturated carbocycles. The highest BCUT2D eigenvalue weighted by atomic mass is 15.0. The summed E-state index contributed by atoms with van der Waals surface area (Å²) >= 11 is 0. The van der Waals surface area contributed by atoms with E-state index < -0.39 is 0 Å². The molecule has 0 aliphatic heterocycles. The van der Waals surface area contributed by atoms with Crippen LogP contribution in [0.1, 0.15) is 44.0 Å². The highest BCUT2D eigenvalue weighted by Gasteiger charge is 2.19. The number of hydrogen-bond donors (Lipinski definition) is 1. The van der Waals surface area contributed by atoms with E-state index in [1.807, 2.05) is 0 Å². The van der Waals surface area contributed by atoms with E-state index in [1.54, 1.807) is 0 Å². The van der Waals surface area contributed by atoms with Gasteiger partial charge in [-0.25, -0.2) is 9.97 Å². The molecule has 0 unspecified atom stereocenters. The number of fused-ring (bicyclic) bond motifs is 1. The maximum atomic E-state index is 6.06. The Morgan fingerprint density at radius 2 is 1.70 bits per heavy atom. The van der Waals surface area contributed by atoms with E-state index in [-0.39, 0.29) is 5.41 Å². The highest BCUT2D eigenvalue weighted by Crippen LogP contribution is 2.29. The average Bonchev–Trinajstić information content (AvgIpc) is 2.86. The first kappa shape index (κ1) is 13.1. The van der Waals surface area contributed by atoms with Gasteiger partial charge < -0.3 is 5.73 Å². The maximum absolute atomic E-state index is 6.06. The molecule has 0 fully saturated rings. The van der Waals surface area contributed by atoms with Crippen LogP contribution in [0.15, 0.2) is 24.3 Å². The van der Waals surface area contributed by atoms with E-state index in [0.717, 1.165) is 41.9 Å². The van der Waals surface area contributed by atoms with Gasteiger partial charge in [0, 0.05) is 16.8 Å². The van der Waals surface area contributed by atoms with Crippen LogP contribution >= 0.6 is 0 Å². The summed E-state index contributed by atoms with van der Waals surface area (Å²) in [6.45, 7) is 6.64. The Hall–Kier alpha value is -1.90. The molecule has 20 heavy (non-hydrogen) atoms. The van der Waals surface area contributed by atoms with E-state index in [2.05, 4.69) is 55.0 Å². The van der Waals surface area contributed by atoms with Crippen molar-refractivity contribution in [2.75, 3.05) is 5.73 Å². The SMILES string of the molecule is CC(C)(C)c1ccc(-c2nc(N)c3c(n2)CCC3)cc1. The lowest BCUT2D eigenvalue weighted by atomic mass is 9.87. The molecule has 1 aromatic carbocycles. The molecule has 104 valence electrons. The Labute approximate surface area is 120 Å². The Morgan fingerprint density at radius 1 is 1.00 bits per heavy atom. The van der Waals surface area contributed by atoms with Gasteiger partial charge in [-0.3, -0.25) is 0 Å². The summed E-state index contributed by atoms with van der Waals surface area (Å²) in [6.07, 6.45) is 3.18. The van der Waals surface area contributed by atoms with Gasteiger partial charge in [0.25, 0.3) is 0 Å². The van der Waals surface area contributed by atoms with Crippen LogP contribution < -0.4 is 5.73 Å². The summed E-state index contributed by atoms with van der Waals surface area (Å²) in [5.41, 5.74) is 10.9. The second-order valence-electron chi connectivity index (χ2n) is 6.54. The van der Waals surface area contributed by atoms with E-state index in [0.29, 0.717) is 5.82 Å². The fraction of sp³-hybridized carbons (Fsp3) is 0.412. The van der Waals surface area contributed by atoms with Gasteiger partial charge in [-0.15, -0.1) is 0 Å². The number of nitrogens with zero attached hydrogens (tertiary/aromatic N) is 2. The predicted molar refractivity (Wildman–Crippen MR) is 82.6 cm³/mol. The standard InChI is InChI=1S/C17H21N3/c1-17(2,3)12-9-7-11(8-10-12)16-19-14-6-4-5-13(14)15(18)20-16/h7-10H,4-6H2,1-3H3,(H2,18,19,20). The summed E-state index contributed by atoms with van der Waals surface area (Å²) in [5.74, 6) is 1.41. The van der Waals surface area contributed by atoms with Gasteiger partial charge in [0.05, 0.1) is 0 Å². The molecule has 0 saturated heterocycles. The molecule has 1 aliphatic rings. The van der Waals surface area contributed by atoms with Crippen LogP contribution in [0.3, 0.4) is 0 Å². The first-order valence-electron chi connectivity index (χ1n) is 7.21.